The Kier molecular flexibility index (Phi) is 5.28. The van der Waals surface area contributed by atoms with Crippen LogP contribution in [0.2, 0.25) is 0 Å². The first-order chi connectivity index (χ1) is 8.79. The van der Waals surface area contributed by atoms with E-state index in [9.17, 15) is 0 Å². The lowest BCUT2D eigenvalue weighted by molar-refractivity contribution is 0.454. The van der Waals surface area contributed by atoms with Gasteiger partial charge in [-0.2, -0.15) is 0 Å². The molecule has 0 unspecified atom stereocenters. The van der Waals surface area contributed by atoms with Crippen molar-refractivity contribution in [3.63, 3.8) is 0 Å². The molecule has 0 aliphatic heterocycles. The van der Waals surface area contributed by atoms with Crippen molar-refractivity contribution < 1.29 is 4.42 Å². The van der Waals surface area contributed by atoms with Gasteiger partial charge in [-0.1, -0.05) is 28.9 Å². The summed E-state index contributed by atoms with van der Waals surface area (Å²) in [5.74, 6) is 0. The molecule has 96 valence electrons. The van der Waals surface area contributed by atoms with Gasteiger partial charge in [0.2, 0.25) is 0 Å². The Labute approximate surface area is 120 Å². The number of rotatable bonds is 6. The predicted molar refractivity (Wildman–Crippen MR) is 76.8 cm³/mol. The molecule has 0 amide bonds. The lowest BCUT2D eigenvalue weighted by atomic mass is 10.2. The minimum absolute atomic E-state index is 0.671. The highest BCUT2D eigenvalue weighted by atomic mass is 79.9. The van der Waals surface area contributed by atoms with Crippen LogP contribution in [-0.2, 0) is 6.54 Å². The summed E-state index contributed by atoms with van der Waals surface area (Å²) in [6.07, 6.45) is 4.39. The van der Waals surface area contributed by atoms with Crippen LogP contribution in [0.5, 0.6) is 0 Å². The van der Waals surface area contributed by atoms with E-state index in [1.54, 1.807) is 24.2 Å². The van der Waals surface area contributed by atoms with Crippen molar-refractivity contribution in [1.29, 1.82) is 0 Å². The maximum atomic E-state index is 5.27. The summed E-state index contributed by atoms with van der Waals surface area (Å²) in [5, 5.41) is 4.08. The average molecular weight is 327 g/mol. The van der Waals surface area contributed by atoms with E-state index in [0.717, 1.165) is 28.9 Å². The van der Waals surface area contributed by atoms with Crippen molar-refractivity contribution in [1.82, 2.24) is 10.3 Å². The molecule has 1 aromatic heterocycles. The van der Waals surface area contributed by atoms with E-state index in [1.165, 1.54) is 5.56 Å². The molecule has 3 nitrogen and oxygen atoms in total. The third-order valence-electron chi connectivity index (χ3n) is 2.38. The van der Waals surface area contributed by atoms with E-state index >= 15 is 0 Å². The molecule has 0 fully saturated rings. The van der Waals surface area contributed by atoms with Gasteiger partial charge in [-0.15, -0.1) is 0 Å². The molecule has 2 rings (SSSR count). The molecule has 0 aliphatic carbocycles. The Morgan fingerprint density at radius 3 is 3.06 bits per heavy atom. The summed E-state index contributed by atoms with van der Waals surface area (Å²) in [5.41, 5.74) is 1.26. The summed E-state index contributed by atoms with van der Waals surface area (Å²) < 4.78 is 6.34. The molecule has 0 atom stereocenters. The minimum Gasteiger partial charge on any atom is -0.440 e. The van der Waals surface area contributed by atoms with E-state index in [0.29, 0.717) is 5.22 Å². The number of hydrogen-bond acceptors (Lipinski definition) is 4. The van der Waals surface area contributed by atoms with E-state index in [2.05, 4.69) is 51.4 Å². The van der Waals surface area contributed by atoms with Crippen molar-refractivity contribution in [2.75, 3.05) is 6.54 Å². The van der Waals surface area contributed by atoms with Crippen LogP contribution in [0.15, 0.2) is 49.7 Å². The second kappa shape index (κ2) is 6.97. The van der Waals surface area contributed by atoms with Crippen LogP contribution >= 0.6 is 27.7 Å². The molecule has 1 heterocycles. The average Bonchev–Trinajstić information content (AvgIpc) is 2.85. The van der Waals surface area contributed by atoms with E-state index in [1.807, 2.05) is 0 Å². The van der Waals surface area contributed by atoms with Gasteiger partial charge in [-0.3, -0.25) is 0 Å². The summed E-state index contributed by atoms with van der Waals surface area (Å²) in [4.78, 5) is 5.30. The molecule has 0 radical (unpaired) electrons. The standard InChI is InChI=1S/C13H15BrN2OS/c1-2-5-15-9-10-3-4-11(14)8-12(10)18-13-16-6-7-17-13/h3-4,6-8,15H,2,5,9H2,1H3. The Balaban J connectivity index is 2.12. The molecular weight excluding hydrogens is 312 g/mol. The van der Waals surface area contributed by atoms with Crippen molar-refractivity contribution in [3.05, 3.63) is 40.7 Å². The van der Waals surface area contributed by atoms with Gasteiger partial charge in [0.05, 0.1) is 6.20 Å². The van der Waals surface area contributed by atoms with Gasteiger partial charge in [-0.05, 0) is 42.4 Å². The van der Waals surface area contributed by atoms with Crippen molar-refractivity contribution >= 4 is 27.7 Å². The number of halogens is 1. The summed E-state index contributed by atoms with van der Waals surface area (Å²) in [6.45, 7) is 4.06. The van der Waals surface area contributed by atoms with Gasteiger partial charge in [-0.25, -0.2) is 4.98 Å². The van der Waals surface area contributed by atoms with Crippen LogP contribution in [0, 0.1) is 0 Å². The number of nitrogens with one attached hydrogen (secondary N) is 1. The quantitative estimate of drug-likeness (QED) is 0.811. The van der Waals surface area contributed by atoms with E-state index in [-0.39, 0.29) is 0 Å². The highest BCUT2D eigenvalue weighted by molar-refractivity contribution is 9.10. The molecule has 18 heavy (non-hydrogen) atoms. The summed E-state index contributed by atoms with van der Waals surface area (Å²) >= 11 is 5.04. The Hall–Kier alpha value is -0.780. The van der Waals surface area contributed by atoms with Crippen LogP contribution in [0.4, 0.5) is 0 Å². The van der Waals surface area contributed by atoms with Gasteiger partial charge in [0.15, 0.2) is 0 Å². The fourth-order valence-electron chi connectivity index (χ4n) is 1.52. The number of benzene rings is 1. The Morgan fingerprint density at radius 2 is 2.33 bits per heavy atom. The largest absolute Gasteiger partial charge is 0.440 e. The molecule has 1 aromatic carbocycles. The molecule has 0 aliphatic rings. The van der Waals surface area contributed by atoms with Crippen LogP contribution in [0.1, 0.15) is 18.9 Å². The number of oxazole rings is 1. The lowest BCUT2D eigenvalue weighted by Crippen LogP contribution is -2.14. The second-order valence-corrected chi connectivity index (χ2v) is 5.74. The fourth-order valence-corrected chi connectivity index (χ4v) is 2.90. The monoisotopic (exact) mass is 326 g/mol. The summed E-state index contributed by atoms with van der Waals surface area (Å²) in [6, 6.07) is 6.28. The highest BCUT2D eigenvalue weighted by Crippen LogP contribution is 2.31. The molecule has 0 bridgehead atoms. The van der Waals surface area contributed by atoms with Crippen LogP contribution in [-0.4, -0.2) is 11.5 Å². The van der Waals surface area contributed by atoms with Gasteiger partial charge in [0.25, 0.3) is 5.22 Å². The molecular formula is C13H15BrN2OS. The Morgan fingerprint density at radius 1 is 1.44 bits per heavy atom. The third kappa shape index (κ3) is 3.86. The maximum Gasteiger partial charge on any atom is 0.260 e. The zero-order valence-electron chi connectivity index (χ0n) is 10.1. The van der Waals surface area contributed by atoms with Crippen molar-refractivity contribution in [2.24, 2.45) is 0 Å². The van der Waals surface area contributed by atoms with Crippen molar-refractivity contribution in [2.45, 2.75) is 30.0 Å². The van der Waals surface area contributed by atoms with Gasteiger partial charge < -0.3 is 9.73 Å². The molecule has 0 spiro atoms. The van der Waals surface area contributed by atoms with Gasteiger partial charge >= 0.3 is 0 Å². The first-order valence-electron chi connectivity index (χ1n) is 5.86. The zero-order valence-corrected chi connectivity index (χ0v) is 12.6. The maximum absolute atomic E-state index is 5.27. The third-order valence-corrected chi connectivity index (χ3v) is 3.85. The van der Waals surface area contributed by atoms with Crippen LogP contribution in [0.3, 0.4) is 0 Å². The summed E-state index contributed by atoms with van der Waals surface area (Å²) in [7, 11) is 0. The number of aromatic nitrogens is 1. The molecule has 0 saturated carbocycles. The minimum atomic E-state index is 0.671. The highest BCUT2D eigenvalue weighted by Gasteiger charge is 2.08. The first kappa shape index (κ1) is 13.6. The number of nitrogens with zero attached hydrogens (tertiary/aromatic N) is 1. The van der Waals surface area contributed by atoms with E-state index in [4.69, 9.17) is 4.42 Å². The SMILES string of the molecule is CCCNCc1ccc(Br)cc1Sc1ncco1. The van der Waals surface area contributed by atoms with Gasteiger partial charge in [0, 0.05) is 15.9 Å². The predicted octanol–water partition coefficient (Wildman–Crippen LogP) is 4.09. The van der Waals surface area contributed by atoms with Gasteiger partial charge in [0.1, 0.15) is 6.26 Å². The van der Waals surface area contributed by atoms with Crippen molar-refractivity contribution in [3.8, 4) is 0 Å². The topological polar surface area (TPSA) is 38.1 Å². The fraction of sp³-hybridized carbons (Fsp3) is 0.308. The van der Waals surface area contributed by atoms with Crippen LogP contribution in [0.25, 0.3) is 0 Å². The molecule has 1 N–H and O–H groups in total. The smallest absolute Gasteiger partial charge is 0.260 e. The Bertz CT molecular complexity index is 488. The second-order valence-electron chi connectivity index (χ2n) is 3.83. The molecule has 5 heteroatoms. The molecule has 0 saturated heterocycles. The van der Waals surface area contributed by atoms with E-state index < -0.39 is 0 Å². The molecule has 2 aromatic rings. The first-order valence-corrected chi connectivity index (χ1v) is 7.47. The normalized spacial score (nSPS) is 10.8. The lowest BCUT2D eigenvalue weighted by Gasteiger charge is -2.09. The zero-order chi connectivity index (χ0) is 12.8. The van der Waals surface area contributed by atoms with Crippen LogP contribution < -0.4 is 5.32 Å². The number of hydrogen-bond donors (Lipinski definition) is 1.